The minimum absolute atomic E-state index is 0.00763. The molecule has 0 atom stereocenters. The zero-order valence-electron chi connectivity index (χ0n) is 14.1. The number of hydrogen-bond donors (Lipinski definition) is 1. The van der Waals surface area contributed by atoms with Crippen molar-refractivity contribution in [3.63, 3.8) is 0 Å². The molecule has 3 aromatic rings. The lowest BCUT2D eigenvalue weighted by molar-refractivity contribution is 0.102. The number of hydrogen-bond acceptors (Lipinski definition) is 5. The Bertz CT molecular complexity index is 1090. The molecule has 0 saturated heterocycles. The molecular weight excluding hydrogens is 427 g/mol. The summed E-state index contributed by atoms with van der Waals surface area (Å²) in [4.78, 5) is 16.9. The highest BCUT2D eigenvalue weighted by atomic mass is 35.5. The molecule has 27 heavy (non-hydrogen) atoms. The molecule has 0 saturated carbocycles. The van der Waals surface area contributed by atoms with Crippen molar-refractivity contribution in [2.45, 2.75) is 11.8 Å². The summed E-state index contributed by atoms with van der Waals surface area (Å²) in [5, 5.41) is 5.89. The van der Waals surface area contributed by atoms with Crippen LogP contribution in [0.15, 0.2) is 52.7 Å². The van der Waals surface area contributed by atoms with E-state index in [4.69, 9.17) is 23.2 Å². The van der Waals surface area contributed by atoms with Crippen molar-refractivity contribution in [3.8, 4) is 11.3 Å². The molecule has 3 rings (SSSR count). The van der Waals surface area contributed by atoms with Gasteiger partial charge in [0.15, 0.2) is 15.0 Å². The van der Waals surface area contributed by atoms with Gasteiger partial charge in [0.05, 0.1) is 21.4 Å². The highest BCUT2D eigenvalue weighted by molar-refractivity contribution is 7.91. The zero-order chi connectivity index (χ0) is 19.6. The van der Waals surface area contributed by atoms with Crippen LogP contribution < -0.4 is 5.32 Å². The average molecular weight is 441 g/mol. The third-order valence-electron chi connectivity index (χ3n) is 3.79. The van der Waals surface area contributed by atoms with Gasteiger partial charge in [0.1, 0.15) is 0 Å². The molecule has 140 valence electrons. The van der Waals surface area contributed by atoms with E-state index in [0.29, 0.717) is 32.0 Å². The van der Waals surface area contributed by atoms with E-state index in [2.05, 4.69) is 10.3 Å². The van der Waals surface area contributed by atoms with Gasteiger partial charge in [-0.15, -0.1) is 11.3 Å². The molecule has 0 fully saturated rings. The normalized spacial score (nSPS) is 11.4. The van der Waals surface area contributed by atoms with E-state index in [1.54, 1.807) is 30.5 Å². The summed E-state index contributed by atoms with van der Waals surface area (Å²) in [5.41, 5.74) is 1.68. The number of nitrogens with zero attached hydrogens (tertiary/aromatic N) is 1. The van der Waals surface area contributed by atoms with Crippen molar-refractivity contribution in [2.24, 2.45) is 0 Å². The largest absolute Gasteiger partial charge is 0.298 e. The molecule has 9 heteroatoms. The smallest absolute Gasteiger partial charge is 0.257 e. The molecule has 1 amide bonds. The predicted molar refractivity (Wildman–Crippen MR) is 110 cm³/mol. The van der Waals surface area contributed by atoms with Gasteiger partial charge in [0.25, 0.3) is 5.91 Å². The lowest BCUT2D eigenvalue weighted by Gasteiger charge is -2.04. The number of amides is 1. The highest BCUT2D eigenvalue weighted by Gasteiger charge is 2.15. The number of anilines is 1. The second kappa shape index (κ2) is 7.98. The molecule has 1 aromatic heterocycles. The summed E-state index contributed by atoms with van der Waals surface area (Å²) in [6.45, 7) is 1.57. The first-order chi connectivity index (χ1) is 12.8. The van der Waals surface area contributed by atoms with Gasteiger partial charge >= 0.3 is 0 Å². The number of halogens is 2. The lowest BCUT2D eigenvalue weighted by atomic mass is 10.2. The number of aromatic nitrogens is 1. The SMILES string of the molecule is CCS(=O)(=O)c1ccc(C(=O)Nc2nc(-c3ccc(Cl)cc3Cl)cs2)cc1. The molecule has 0 aliphatic rings. The first-order valence-corrected chi connectivity index (χ1v) is 11.1. The lowest BCUT2D eigenvalue weighted by Crippen LogP contribution is -2.12. The summed E-state index contributed by atoms with van der Waals surface area (Å²) in [6, 6.07) is 10.9. The van der Waals surface area contributed by atoms with Gasteiger partial charge in [-0.2, -0.15) is 0 Å². The van der Waals surface area contributed by atoms with Crippen LogP contribution in [0.1, 0.15) is 17.3 Å². The molecule has 0 unspecified atom stereocenters. The summed E-state index contributed by atoms with van der Waals surface area (Å²) in [7, 11) is -3.30. The zero-order valence-corrected chi connectivity index (χ0v) is 17.2. The van der Waals surface area contributed by atoms with Crippen LogP contribution in [0.5, 0.6) is 0 Å². The number of benzene rings is 2. The fourth-order valence-electron chi connectivity index (χ4n) is 2.30. The van der Waals surface area contributed by atoms with Crippen molar-refractivity contribution in [2.75, 3.05) is 11.1 Å². The van der Waals surface area contributed by atoms with Gasteiger partial charge < -0.3 is 0 Å². The van der Waals surface area contributed by atoms with E-state index in [1.165, 1.54) is 35.6 Å². The maximum atomic E-state index is 12.4. The number of thiazole rings is 1. The molecule has 0 spiro atoms. The van der Waals surface area contributed by atoms with E-state index >= 15 is 0 Å². The molecule has 0 bridgehead atoms. The third kappa shape index (κ3) is 4.50. The van der Waals surface area contributed by atoms with Crippen molar-refractivity contribution >= 4 is 55.4 Å². The van der Waals surface area contributed by atoms with E-state index in [1.807, 2.05) is 0 Å². The maximum absolute atomic E-state index is 12.4. The number of rotatable bonds is 5. The van der Waals surface area contributed by atoms with Gasteiger partial charge in [0, 0.05) is 21.5 Å². The maximum Gasteiger partial charge on any atom is 0.257 e. The van der Waals surface area contributed by atoms with Crippen LogP contribution >= 0.6 is 34.5 Å². The van der Waals surface area contributed by atoms with Crippen molar-refractivity contribution in [1.29, 1.82) is 0 Å². The number of nitrogens with one attached hydrogen (secondary N) is 1. The first kappa shape index (κ1) is 19.8. The molecule has 0 aliphatic heterocycles. The average Bonchev–Trinajstić information content (AvgIpc) is 3.10. The molecule has 2 aromatic carbocycles. The Morgan fingerprint density at radius 3 is 2.48 bits per heavy atom. The standard InChI is InChI=1S/C18H14Cl2N2O3S2/c1-2-27(24,25)13-6-3-11(4-7-13)17(23)22-18-21-16(10-26-18)14-8-5-12(19)9-15(14)20/h3-10H,2H2,1H3,(H,21,22,23). The number of carbonyl (C=O) groups excluding carboxylic acids is 1. The van der Waals surface area contributed by atoms with Crippen LogP contribution in [0.25, 0.3) is 11.3 Å². The van der Waals surface area contributed by atoms with Crippen LogP contribution in [0.3, 0.4) is 0 Å². The minimum Gasteiger partial charge on any atom is -0.298 e. The van der Waals surface area contributed by atoms with E-state index < -0.39 is 9.84 Å². The van der Waals surface area contributed by atoms with E-state index in [0.717, 1.165) is 0 Å². The number of sulfone groups is 1. The summed E-state index contributed by atoms with van der Waals surface area (Å²) in [6.07, 6.45) is 0. The molecule has 0 radical (unpaired) electrons. The van der Waals surface area contributed by atoms with Crippen LogP contribution in [-0.2, 0) is 9.84 Å². The molecule has 0 aliphatic carbocycles. The Balaban J connectivity index is 1.76. The molecule has 1 heterocycles. The number of carbonyl (C=O) groups is 1. The van der Waals surface area contributed by atoms with Gasteiger partial charge in [0.2, 0.25) is 0 Å². The summed E-state index contributed by atoms with van der Waals surface area (Å²) >= 11 is 13.3. The van der Waals surface area contributed by atoms with E-state index in [9.17, 15) is 13.2 Å². The Hall–Kier alpha value is -1.93. The molecule has 5 nitrogen and oxygen atoms in total. The van der Waals surface area contributed by atoms with Crippen molar-refractivity contribution in [1.82, 2.24) is 4.98 Å². The van der Waals surface area contributed by atoms with Gasteiger partial charge in [-0.05, 0) is 42.5 Å². The Morgan fingerprint density at radius 2 is 1.85 bits per heavy atom. The minimum atomic E-state index is -3.30. The first-order valence-electron chi connectivity index (χ1n) is 7.85. The second-order valence-electron chi connectivity index (χ2n) is 5.54. The monoisotopic (exact) mass is 440 g/mol. The van der Waals surface area contributed by atoms with Gasteiger partial charge in [-0.1, -0.05) is 30.1 Å². The van der Waals surface area contributed by atoms with Crippen LogP contribution in [0.4, 0.5) is 5.13 Å². The van der Waals surface area contributed by atoms with Crippen LogP contribution in [0.2, 0.25) is 10.0 Å². The fraction of sp³-hybridized carbons (Fsp3) is 0.111. The van der Waals surface area contributed by atoms with Crippen LogP contribution in [-0.4, -0.2) is 25.1 Å². The second-order valence-corrected chi connectivity index (χ2v) is 9.52. The van der Waals surface area contributed by atoms with Crippen LogP contribution in [0, 0.1) is 0 Å². The quantitative estimate of drug-likeness (QED) is 0.593. The summed E-state index contributed by atoms with van der Waals surface area (Å²) < 4.78 is 23.7. The Kier molecular flexibility index (Phi) is 5.86. The fourth-order valence-corrected chi connectivity index (χ4v) is 4.40. The van der Waals surface area contributed by atoms with Gasteiger partial charge in [-0.3, -0.25) is 10.1 Å². The molecule has 1 N–H and O–H groups in total. The van der Waals surface area contributed by atoms with Crippen molar-refractivity contribution in [3.05, 3.63) is 63.5 Å². The highest BCUT2D eigenvalue weighted by Crippen LogP contribution is 2.32. The topological polar surface area (TPSA) is 76.1 Å². The third-order valence-corrected chi connectivity index (χ3v) is 6.84. The Labute approximate surface area is 170 Å². The van der Waals surface area contributed by atoms with E-state index in [-0.39, 0.29) is 16.6 Å². The molecular formula is C18H14Cl2N2O3S2. The predicted octanol–water partition coefficient (Wildman–Crippen LogP) is 5.16. The van der Waals surface area contributed by atoms with Crippen molar-refractivity contribution < 1.29 is 13.2 Å². The van der Waals surface area contributed by atoms with Gasteiger partial charge in [-0.25, -0.2) is 13.4 Å². The summed E-state index contributed by atoms with van der Waals surface area (Å²) in [5.74, 6) is -0.369. The Morgan fingerprint density at radius 1 is 1.15 bits per heavy atom.